The summed E-state index contributed by atoms with van der Waals surface area (Å²) in [6, 6.07) is 2.99. The average molecular weight is 347 g/mol. The maximum absolute atomic E-state index is 11.9. The SMILES string of the molecule is CCC(C)C(N)C(=O)Nc1ccc(-n2cncn2)nc1.Cl.Cl. The molecule has 7 nitrogen and oxygen atoms in total. The molecule has 0 saturated carbocycles. The molecule has 2 atom stereocenters. The molecular weight excluding hydrogens is 327 g/mol. The Morgan fingerprint density at radius 1 is 1.41 bits per heavy atom. The highest BCUT2D eigenvalue weighted by Gasteiger charge is 2.19. The minimum atomic E-state index is -0.519. The zero-order chi connectivity index (χ0) is 14.5. The van der Waals surface area contributed by atoms with Gasteiger partial charge >= 0.3 is 0 Å². The number of aromatic nitrogens is 4. The first kappa shape index (κ1) is 20.3. The van der Waals surface area contributed by atoms with Gasteiger partial charge in [0.1, 0.15) is 12.7 Å². The Morgan fingerprint density at radius 2 is 2.14 bits per heavy atom. The molecule has 0 bridgehead atoms. The minimum absolute atomic E-state index is 0. The Balaban J connectivity index is 0.00000220. The molecule has 0 radical (unpaired) electrons. The van der Waals surface area contributed by atoms with Crippen molar-refractivity contribution in [2.45, 2.75) is 26.3 Å². The lowest BCUT2D eigenvalue weighted by Gasteiger charge is -2.17. The van der Waals surface area contributed by atoms with Gasteiger partial charge in [0.15, 0.2) is 5.82 Å². The van der Waals surface area contributed by atoms with Gasteiger partial charge in [0.05, 0.1) is 17.9 Å². The number of nitrogens with one attached hydrogen (secondary N) is 1. The first-order chi connectivity index (χ1) is 9.61. The molecule has 2 unspecified atom stereocenters. The van der Waals surface area contributed by atoms with E-state index in [-0.39, 0.29) is 36.6 Å². The maximum Gasteiger partial charge on any atom is 0.241 e. The van der Waals surface area contributed by atoms with Crippen LogP contribution in [0.5, 0.6) is 0 Å². The Morgan fingerprint density at radius 3 is 2.64 bits per heavy atom. The van der Waals surface area contributed by atoms with Crippen LogP contribution in [-0.4, -0.2) is 31.7 Å². The molecule has 2 heterocycles. The topological polar surface area (TPSA) is 98.7 Å². The highest BCUT2D eigenvalue weighted by atomic mass is 35.5. The van der Waals surface area contributed by atoms with Crippen LogP contribution in [0.15, 0.2) is 31.0 Å². The van der Waals surface area contributed by atoms with E-state index in [0.29, 0.717) is 11.5 Å². The molecule has 3 N–H and O–H groups in total. The number of carbonyl (C=O) groups excluding carboxylic acids is 1. The monoisotopic (exact) mass is 346 g/mol. The van der Waals surface area contributed by atoms with Crippen molar-refractivity contribution in [1.82, 2.24) is 19.7 Å². The van der Waals surface area contributed by atoms with Gasteiger partial charge < -0.3 is 11.1 Å². The first-order valence-corrected chi connectivity index (χ1v) is 6.49. The molecule has 0 spiro atoms. The smallest absolute Gasteiger partial charge is 0.241 e. The standard InChI is InChI=1S/C13H18N6O.2ClH/c1-3-9(2)12(14)13(20)18-10-4-5-11(16-6-10)19-8-15-7-17-19;;/h4-9,12H,3,14H2,1-2H3,(H,18,20);2*1H. The maximum atomic E-state index is 11.9. The fraction of sp³-hybridized carbons (Fsp3) is 0.385. The molecule has 0 aromatic carbocycles. The summed E-state index contributed by atoms with van der Waals surface area (Å²) in [6.07, 6.45) is 5.41. The molecule has 22 heavy (non-hydrogen) atoms. The van der Waals surface area contributed by atoms with Gasteiger partial charge in [-0.1, -0.05) is 20.3 Å². The van der Waals surface area contributed by atoms with Crippen LogP contribution in [0.4, 0.5) is 5.69 Å². The number of hydrogen-bond acceptors (Lipinski definition) is 5. The number of rotatable bonds is 5. The van der Waals surface area contributed by atoms with Crippen molar-refractivity contribution in [3.8, 4) is 5.82 Å². The number of halogens is 2. The summed E-state index contributed by atoms with van der Waals surface area (Å²) in [5, 5.41) is 6.73. The molecule has 122 valence electrons. The number of anilines is 1. The summed E-state index contributed by atoms with van der Waals surface area (Å²) in [6.45, 7) is 3.96. The molecule has 2 aromatic rings. The van der Waals surface area contributed by atoms with E-state index in [4.69, 9.17) is 5.73 Å². The summed E-state index contributed by atoms with van der Waals surface area (Å²) < 4.78 is 1.54. The van der Waals surface area contributed by atoms with E-state index in [2.05, 4.69) is 20.4 Å². The lowest BCUT2D eigenvalue weighted by atomic mass is 9.99. The van der Waals surface area contributed by atoms with Gasteiger partial charge in [-0.05, 0) is 18.1 Å². The van der Waals surface area contributed by atoms with Crippen molar-refractivity contribution in [2.24, 2.45) is 11.7 Å². The average Bonchev–Trinajstić information content (AvgIpc) is 3.00. The van der Waals surface area contributed by atoms with E-state index in [1.54, 1.807) is 24.7 Å². The number of carbonyl (C=O) groups is 1. The molecule has 2 rings (SSSR count). The fourth-order valence-corrected chi connectivity index (χ4v) is 1.66. The third-order valence-electron chi connectivity index (χ3n) is 3.23. The van der Waals surface area contributed by atoms with Gasteiger partial charge in [-0.25, -0.2) is 14.6 Å². The molecule has 0 aliphatic rings. The Kier molecular flexibility index (Phi) is 8.62. The Hall–Kier alpha value is -1.70. The van der Waals surface area contributed by atoms with Gasteiger partial charge in [0.25, 0.3) is 0 Å². The van der Waals surface area contributed by atoms with Crippen LogP contribution in [0.3, 0.4) is 0 Å². The van der Waals surface area contributed by atoms with Crippen molar-refractivity contribution in [3.63, 3.8) is 0 Å². The van der Waals surface area contributed by atoms with E-state index >= 15 is 0 Å². The molecule has 9 heteroatoms. The van der Waals surface area contributed by atoms with Crippen molar-refractivity contribution >= 4 is 36.4 Å². The largest absolute Gasteiger partial charge is 0.323 e. The summed E-state index contributed by atoms with van der Waals surface area (Å²) in [4.78, 5) is 20.0. The number of pyridine rings is 1. The van der Waals surface area contributed by atoms with E-state index in [0.717, 1.165) is 6.42 Å². The summed E-state index contributed by atoms with van der Waals surface area (Å²) in [7, 11) is 0. The zero-order valence-corrected chi connectivity index (χ0v) is 14.0. The van der Waals surface area contributed by atoms with E-state index < -0.39 is 6.04 Å². The highest BCUT2D eigenvalue weighted by molar-refractivity contribution is 5.94. The van der Waals surface area contributed by atoms with Crippen LogP contribution >= 0.6 is 24.8 Å². The van der Waals surface area contributed by atoms with Crippen LogP contribution in [0.25, 0.3) is 5.82 Å². The number of amides is 1. The number of nitrogens with zero attached hydrogens (tertiary/aromatic N) is 4. The number of nitrogens with two attached hydrogens (primary N) is 1. The third kappa shape index (κ3) is 4.94. The third-order valence-corrected chi connectivity index (χ3v) is 3.23. The molecule has 1 amide bonds. The van der Waals surface area contributed by atoms with Crippen molar-refractivity contribution in [1.29, 1.82) is 0 Å². The summed E-state index contributed by atoms with van der Waals surface area (Å²) in [5.41, 5.74) is 6.48. The van der Waals surface area contributed by atoms with Crippen molar-refractivity contribution < 1.29 is 4.79 Å². The first-order valence-electron chi connectivity index (χ1n) is 6.49. The van der Waals surface area contributed by atoms with Crippen LogP contribution in [0.2, 0.25) is 0 Å². The van der Waals surface area contributed by atoms with Crippen molar-refractivity contribution in [2.75, 3.05) is 5.32 Å². The van der Waals surface area contributed by atoms with Crippen LogP contribution in [-0.2, 0) is 4.79 Å². The molecular formula is C13H20Cl2N6O. The minimum Gasteiger partial charge on any atom is -0.323 e. The van der Waals surface area contributed by atoms with Gasteiger partial charge in [-0.2, -0.15) is 5.10 Å². The lowest BCUT2D eigenvalue weighted by molar-refractivity contribution is -0.118. The van der Waals surface area contributed by atoms with Crippen molar-refractivity contribution in [3.05, 3.63) is 31.0 Å². The predicted octanol–water partition coefficient (Wildman–Crippen LogP) is 1.82. The number of hydrogen-bond donors (Lipinski definition) is 2. The quantitative estimate of drug-likeness (QED) is 0.860. The fourth-order valence-electron chi connectivity index (χ4n) is 1.66. The Labute approximate surface area is 141 Å². The van der Waals surface area contributed by atoms with Crippen LogP contribution in [0.1, 0.15) is 20.3 Å². The van der Waals surface area contributed by atoms with E-state index in [1.807, 2.05) is 13.8 Å². The predicted molar refractivity (Wildman–Crippen MR) is 89.7 cm³/mol. The van der Waals surface area contributed by atoms with Crippen LogP contribution in [0, 0.1) is 5.92 Å². The van der Waals surface area contributed by atoms with E-state index in [1.165, 1.54) is 11.0 Å². The van der Waals surface area contributed by atoms with Gasteiger partial charge in [-0.3, -0.25) is 4.79 Å². The van der Waals surface area contributed by atoms with Crippen LogP contribution < -0.4 is 11.1 Å². The summed E-state index contributed by atoms with van der Waals surface area (Å²) in [5.74, 6) is 0.568. The molecule has 0 aliphatic carbocycles. The van der Waals surface area contributed by atoms with Gasteiger partial charge in [0, 0.05) is 0 Å². The second kappa shape index (κ2) is 9.34. The lowest BCUT2D eigenvalue weighted by Crippen LogP contribution is -2.40. The second-order valence-electron chi connectivity index (χ2n) is 4.65. The Bertz CT molecular complexity index is 560. The molecule has 0 saturated heterocycles. The highest BCUT2D eigenvalue weighted by Crippen LogP contribution is 2.11. The summed E-state index contributed by atoms with van der Waals surface area (Å²) >= 11 is 0. The van der Waals surface area contributed by atoms with Gasteiger partial charge in [-0.15, -0.1) is 24.8 Å². The molecule has 0 aliphatic heterocycles. The normalized spacial score (nSPS) is 12.5. The zero-order valence-electron chi connectivity index (χ0n) is 12.3. The van der Waals surface area contributed by atoms with E-state index in [9.17, 15) is 4.79 Å². The van der Waals surface area contributed by atoms with Gasteiger partial charge in [0.2, 0.25) is 5.91 Å². The molecule has 0 fully saturated rings. The molecule has 2 aromatic heterocycles. The second-order valence-corrected chi connectivity index (χ2v) is 4.65.